The molecule has 0 saturated heterocycles. The van der Waals surface area contributed by atoms with Crippen molar-refractivity contribution in [2.24, 2.45) is 5.92 Å². The molecule has 0 aliphatic carbocycles. The minimum atomic E-state index is -0.621. The zero-order valence-electron chi connectivity index (χ0n) is 17.9. The van der Waals surface area contributed by atoms with E-state index in [1.54, 1.807) is 10.6 Å². The Balaban J connectivity index is 2.02. The van der Waals surface area contributed by atoms with Crippen molar-refractivity contribution in [3.05, 3.63) is 50.3 Å². The summed E-state index contributed by atoms with van der Waals surface area (Å²) in [5.74, 6) is 0.228. The number of benzene rings is 1. The summed E-state index contributed by atoms with van der Waals surface area (Å²) < 4.78 is 1.63. The van der Waals surface area contributed by atoms with Crippen molar-refractivity contribution in [1.82, 2.24) is 14.8 Å². The third-order valence-corrected chi connectivity index (χ3v) is 5.83. The van der Waals surface area contributed by atoms with E-state index < -0.39 is 6.04 Å². The molecule has 0 aliphatic heterocycles. The van der Waals surface area contributed by atoms with Crippen molar-refractivity contribution >= 4 is 33.3 Å². The van der Waals surface area contributed by atoms with Crippen LogP contribution in [0.4, 0.5) is 5.13 Å². The average molecular weight is 413 g/mol. The van der Waals surface area contributed by atoms with E-state index in [1.165, 1.54) is 11.3 Å². The highest BCUT2D eigenvalue weighted by molar-refractivity contribution is 7.15. The van der Waals surface area contributed by atoms with Gasteiger partial charge in [-0.2, -0.15) is 0 Å². The lowest BCUT2D eigenvalue weighted by Crippen LogP contribution is -2.33. The van der Waals surface area contributed by atoms with Crippen LogP contribution >= 0.6 is 11.3 Å². The topological polar surface area (TPSA) is 76.9 Å². The number of nitrogens with one attached hydrogen (secondary N) is 1. The third-order valence-electron chi connectivity index (χ3n) is 4.97. The molecule has 154 valence electrons. The van der Waals surface area contributed by atoms with Gasteiger partial charge in [0, 0.05) is 17.9 Å². The zero-order chi connectivity index (χ0) is 21.3. The number of pyridine rings is 1. The normalized spacial score (nSPS) is 12.5. The average Bonchev–Trinajstić information content (AvgIpc) is 3.04. The van der Waals surface area contributed by atoms with Gasteiger partial charge in [-0.1, -0.05) is 43.7 Å². The highest BCUT2D eigenvalue weighted by Crippen LogP contribution is 2.27. The molecular weight excluding hydrogens is 384 g/mol. The molecule has 2 aromatic heterocycles. The van der Waals surface area contributed by atoms with Crippen LogP contribution in [0.5, 0.6) is 0 Å². The van der Waals surface area contributed by atoms with Crippen molar-refractivity contribution < 1.29 is 4.79 Å². The van der Waals surface area contributed by atoms with Crippen LogP contribution in [0.25, 0.3) is 10.9 Å². The van der Waals surface area contributed by atoms with Crippen LogP contribution in [0.2, 0.25) is 0 Å². The van der Waals surface area contributed by atoms with Crippen LogP contribution in [0.3, 0.4) is 0 Å². The summed E-state index contributed by atoms with van der Waals surface area (Å²) in [4.78, 5) is 26.0. The number of aryl methyl sites for hydroxylation is 3. The Morgan fingerprint density at radius 1 is 1.14 bits per heavy atom. The van der Waals surface area contributed by atoms with Crippen LogP contribution in [0.15, 0.2) is 23.0 Å². The maximum atomic E-state index is 13.1. The highest BCUT2D eigenvalue weighted by atomic mass is 32.1. The Labute approximate surface area is 175 Å². The van der Waals surface area contributed by atoms with Gasteiger partial charge in [0.2, 0.25) is 11.0 Å². The first-order valence-corrected chi connectivity index (χ1v) is 10.8. The second-order valence-electron chi connectivity index (χ2n) is 8.03. The molecule has 0 aliphatic rings. The first-order chi connectivity index (χ1) is 13.7. The zero-order valence-corrected chi connectivity index (χ0v) is 18.7. The predicted molar refractivity (Wildman–Crippen MR) is 119 cm³/mol. The van der Waals surface area contributed by atoms with Gasteiger partial charge < -0.3 is 0 Å². The number of anilines is 1. The number of fused-ring (bicyclic) bond motifs is 1. The largest absolute Gasteiger partial charge is 0.299 e. The van der Waals surface area contributed by atoms with Crippen molar-refractivity contribution in [2.75, 3.05) is 5.32 Å². The van der Waals surface area contributed by atoms with Gasteiger partial charge in [0.05, 0.1) is 5.52 Å². The summed E-state index contributed by atoms with van der Waals surface area (Å²) >= 11 is 1.39. The molecule has 1 unspecified atom stereocenters. The molecule has 0 saturated carbocycles. The first-order valence-electron chi connectivity index (χ1n) is 9.97. The molecule has 29 heavy (non-hydrogen) atoms. The summed E-state index contributed by atoms with van der Waals surface area (Å²) in [7, 11) is 0. The van der Waals surface area contributed by atoms with E-state index in [4.69, 9.17) is 0 Å². The van der Waals surface area contributed by atoms with Gasteiger partial charge in [-0.3, -0.25) is 19.5 Å². The lowest BCUT2D eigenvalue weighted by atomic mass is 10.0. The minimum Gasteiger partial charge on any atom is -0.299 e. The second-order valence-corrected chi connectivity index (χ2v) is 9.09. The van der Waals surface area contributed by atoms with Crippen LogP contribution in [-0.2, 0) is 11.2 Å². The standard InChI is InChI=1S/C22H28N4O2S/c1-7-17(21(28)23-22-25-24-18(29-22)8-12(2)3)26-19(27)11-14(5)16-10-13(4)9-15(6)20(16)26/h9-12,17H,7-8H2,1-6H3,(H,23,25,28). The number of hydrogen-bond donors (Lipinski definition) is 1. The molecule has 0 spiro atoms. The summed E-state index contributed by atoms with van der Waals surface area (Å²) in [6.45, 7) is 12.1. The maximum absolute atomic E-state index is 13.1. The fraction of sp³-hybridized carbons (Fsp3) is 0.455. The van der Waals surface area contributed by atoms with Gasteiger partial charge in [0.1, 0.15) is 11.0 Å². The quantitative estimate of drug-likeness (QED) is 0.643. The summed E-state index contributed by atoms with van der Waals surface area (Å²) in [6.07, 6.45) is 1.32. The van der Waals surface area contributed by atoms with Gasteiger partial charge in [-0.15, -0.1) is 10.2 Å². The van der Waals surface area contributed by atoms with Crippen LogP contribution < -0.4 is 10.9 Å². The highest BCUT2D eigenvalue weighted by Gasteiger charge is 2.24. The Hall–Kier alpha value is -2.54. The molecule has 0 bridgehead atoms. The van der Waals surface area contributed by atoms with Crippen molar-refractivity contribution in [3.63, 3.8) is 0 Å². The Morgan fingerprint density at radius 3 is 2.52 bits per heavy atom. The third kappa shape index (κ3) is 4.40. The molecule has 0 fully saturated rings. The molecule has 0 radical (unpaired) electrons. The van der Waals surface area contributed by atoms with Gasteiger partial charge in [-0.25, -0.2) is 0 Å². The second kappa shape index (κ2) is 8.45. The molecule has 3 aromatic rings. The molecule has 1 amide bonds. The lowest BCUT2D eigenvalue weighted by molar-refractivity contribution is -0.119. The Morgan fingerprint density at radius 2 is 1.86 bits per heavy atom. The molecule has 2 heterocycles. The number of nitrogens with zero attached hydrogens (tertiary/aromatic N) is 3. The number of carbonyl (C=O) groups is 1. The van der Waals surface area contributed by atoms with E-state index in [1.807, 2.05) is 33.8 Å². The predicted octanol–water partition coefficient (Wildman–Crippen LogP) is 4.57. The number of hydrogen-bond acceptors (Lipinski definition) is 5. The van der Waals surface area contributed by atoms with Crippen LogP contribution in [0.1, 0.15) is 54.9 Å². The van der Waals surface area contributed by atoms with E-state index >= 15 is 0 Å². The SMILES string of the molecule is CCC(C(=O)Nc1nnc(CC(C)C)s1)n1c(=O)cc(C)c2cc(C)cc(C)c21. The van der Waals surface area contributed by atoms with Crippen molar-refractivity contribution in [3.8, 4) is 0 Å². The smallest absolute Gasteiger partial charge is 0.252 e. The fourth-order valence-corrected chi connectivity index (χ4v) is 4.70. The Bertz CT molecular complexity index is 1110. The van der Waals surface area contributed by atoms with E-state index in [2.05, 4.69) is 35.4 Å². The molecule has 1 aromatic carbocycles. The molecular formula is C22H28N4O2S. The Kier molecular flexibility index (Phi) is 6.17. The maximum Gasteiger partial charge on any atom is 0.252 e. The van der Waals surface area contributed by atoms with Crippen LogP contribution in [0, 0.1) is 26.7 Å². The van der Waals surface area contributed by atoms with E-state index in [0.29, 0.717) is 17.5 Å². The van der Waals surface area contributed by atoms with E-state index in [-0.39, 0.29) is 11.5 Å². The van der Waals surface area contributed by atoms with Crippen molar-refractivity contribution in [2.45, 2.75) is 60.4 Å². The van der Waals surface area contributed by atoms with Gasteiger partial charge in [-0.05, 0) is 50.3 Å². The van der Waals surface area contributed by atoms with Crippen LogP contribution in [-0.4, -0.2) is 20.7 Å². The number of amides is 1. The van der Waals surface area contributed by atoms with Gasteiger partial charge in [0.15, 0.2) is 0 Å². The van der Waals surface area contributed by atoms with Gasteiger partial charge in [0.25, 0.3) is 5.56 Å². The minimum absolute atomic E-state index is 0.165. The lowest BCUT2D eigenvalue weighted by Gasteiger charge is -2.22. The van der Waals surface area contributed by atoms with E-state index in [0.717, 1.165) is 39.0 Å². The fourth-order valence-electron chi connectivity index (χ4n) is 3.74. The molecule has 7 heteroatoms. The summed E-state index contributed by atoms with van der Waals surface area (Å²) in [5, 5.41) is 13.5. The van der Waals surface area contributed by atoms with Gasteiger partial charge >= 0.3 is 0 Å². The van der Waals surface area contributed by atoms with Crippen molar-refractivity contribution in [1.29, 1.82) is 0 Å². The van der Waals surface area contributed by atoms with E-state index in [9.17, 15) is 9.59 Å². The number of rotatable bonds is 6. The molecule has 3 rings (SSSR count). The first kappa shape index (κ1) is 21.2. The summed E-state index contributed by atoms with van der Waals surface area (Å²) in [6, 6.07) is 5.11. The molecule has 6 nitrogen and oxygen atoms in total. The number of carbonyl (C=O) groups excluding carboxylic acids is 1. The monoisotopic (exact) mass is 412 g/mol. The molecule has 1 atom stereocenters. The number of aromatic nitrogens is 3. The molecule has 1 N–H and O–H groups in total. The summed E-state index contributed by atoms with van der Waals surface area (Å²) in [5.41, 5.74) is 3.70.